The fourth-order valence-corrected chi connectivity index (χ4v) is 8.85. The molecule has 49 heavy (non-hydrogen) atoms. The van der Waals surface area contributed by atoms with Crippen LogP contribution in [0.15, 0.2) is 72.3 Å². The molecule has 3 aromatic carbocycles. The zero-order valence-corrected chi connectivity index (χ0v) is 28.3. The molecule has 0 spiro atoms. The van der Waals surface area contributed by atoms with Crippen LogP contribution in [0.3, 0.4) is 0 Å². The summed E-state index contributed by atoms with van der Waals surface area (Å²) in [4.78, 5) is 70.3. The first-order chi connectivity index (χ1) is 23.4. The normalized spacial score (nSPS) is 27.4. The second-order valence-electron chi connectivity index (χ2n) is 12.4. The summed E-state index contributed by atoms with van der Waals surface area (Å²) < 4.78 is 10.2. The van der Waals surface area contributed by atoms with Gasteiger partial charge in [0.1, 0.15) is 11.5 Å². The highest BCUT2D eigenvalue weighted by Gasteiger charge is 2.71. The Balaban J connectivity index is 1.47. The van der Waals surface area contributed by atoms with Crippen molar-refractivity contribution in [1.82, 2.24) is 9.91 Å². The monoisotopic (exact) mass is 723 g/mol. The first-order valence-corrected chi connectivity index (χ1v) is 16.5. The van der Waals surface area contributed by atoms with Crippen LogP contribution in [0.5, 0.6) is 11.5 Å². The number of aromatic hydroxyl groups is 1. The average Bonchev–Trinajstić information content (AvgIpc) is 3.47. The number of hydrogen-bond donors (Lipinski definition) is 2. The van der Waals surface area contributed by atoms with E-state index in [0.29, 0.717) is 26.8 Å². The lowest BCUT2D eigenvalue weighted by Crippen LogP contribution is -2.53. The summed E-state index contributed by atoms with van der Waals surface area (Å²) in [7, 11) is 2.58. The van der Waals surface area contributed by atoms with Crippen molar-refractivity contribution in [3.05, 3.63) is 98.5 Å². The third-order valence-electron chi connectivity index (χ3n) is 10.2. The number of nitrogens with zero attached hydrogens (tertiary/aromatic N) is 2. The number of fused-ring (bicyclic) bond motifs is 4. The molecule has 2 heterocycles. The number of halogens is 3. The molecule has 0 radical (unpaired) electrons. The third-order valence-corrected chi connectivity index (χ3v) is 11.0. The number of imide groups is 4. The van der Waals surface area contributed by atoms with Gasteiger partial charge in [-0.05, 0) is 72.9 Å². The number of carbonyl (C=O) groups excluding carboxylic acids is 5. The van der Waals surface area contributed by atoms with E-state index >= 15 is 4.79 Å². The molecule has 1 saturated carbocycles. The summed E-state index contributed by atoms with van der Waals surface area (Å²) >= 11 is 19.1. The Kier molecular flexibility index (Phi) is 8.12. The lowest BCUT2D eigenvalue weighted by Gasteiger charge is -2.50. The lowest BCUT2D eigenvalue weighted by molar-refractivity contribution is -0.140. The van der Waals surface area contributed by atoms with Crippen molar-refractivity contribution >= 4 is 70.2 Å². The van der Waals surface area contributed by atoms with Gasteiger partial charge in [0.25, 0.3) is 11.8 Å². The predicted octanol–water partition coefficient (Wildman–Crippen LogP) is 6.11. The number of hydrazine groups is 1. The summed E-state index contributed by atoms with van der Waals surface area (Å²) in [6, 6.07) is 15.7. The van der Waals surface area contributed by atoms with Gasteiger partial charge >= 0.3 is 6.09 Å². The van der Waals surface area contributed by atoms with E-state index in [1.807, 2.05) is 0 Å². The van der Waals surface area contributed by atoms with Crippen LogP contribution in [0.4, 0.5) is 10.5 Å². The molecule has 2 saturated heterocycles. The van der Waals surface area contributed by atoms with Gasteiger partial charge in [-0.15, -0.1) is 0 Å². The molecule has 4 aliphatic rings. The number of hydrogen-bond acceptors (Lipinski definition) is 9. The van der Waals surface area contributed by atoms with Crippen LogP contribution in [0.2, 0.25) is 15.1 Å². The highest BCUT2D eigenvalue weighted by atomic mass is 35.5. The van der Waals surface area contributed by atoms with E-state index in [2.05, 4.69) is 5.43 Å². The predicted molar refractivity (Wildman–Crippen MR) is 178 cm³/mol. The SMILES string of the molecule is COC(=O)N1C(=O)[C@H]2[C@H](CC=C3[C@H]2C[C@H]2C(=O)N(Nc4ccc(Cl)cc4Cl)C(=O)[C@@]2(c2ccc(OC)cc2)[C@H]3c2cc(Cl)ccc2O)C1=O. The van der Waals surface area contributed by atoms with Crippen molar-refractivity contribution < 1.29 is 38.6 Å². The van der Waals surface area contributed by atoms with E-state index in [-0.39, 0.29) is 39.9 Å². The molecular formula is C35H28Cl3N3O8. The molecule has 0 bridgehead atoms. The number of anilines is 1. The molecule has 2 N–H and O–H groups in total. The Bertz CT molecular complexity index is 1980. The van der Waals surface area contributed by atoms with Gasteiger partial charge in [0.2, 0.25) is 11.8 Å². The van der Waals surface area contributed by atoms with E-state index in [4.69, 9.17) is 44.3 Å². The third kappa shape index (κ3) is 4.81. The van der Waals surface area contributed by atoms with Gasteiger partial charge in [0, 0.05) is 21.5 Å². The van der Waals surface area contributed by atoms with Crippen molar-refractivity contribution in [3.63, 3.8) is 0 Å². The maximum absolute atomic E-state index is 15.2. The molecule has 7 rings (SSSR count). The second-order valence-corrected chi connectivity index (χ2v) is 13.7. The maximum Gasteiger partial charge on any atom is 0.423 e. The Labute approximate surface area is 295 Å². The standard InChI is InChI=1S/C35H28Cl3N3O8/c1-48-19-7-3-16(4-8-19)35-24(31(44)41(33(35)46)39-26-11-5-18(37)14-25(26)38)15-22-20(29(35)23-13-17(36)6-12-27(23)42)9-10-21-28(22)32(45)40(30(21)43)34(47)49-2/h3-9,11-14,21-22,24,28-29,39,42H,10,15H2,1-2H3/t21-,22+,24-,28-,29+,35+/m0/s1. The van der Waals surface area contributed by atoms with E-state index < -0.39 is 64.7 Å². The van der Waals surface area contributed by atoms with Crippen LogP contribution in [0, 0.1) is 23.7 Å². The van der Waals surface area contributed by atoms with Crippen molar-refractivity contribution in [1.29, 1.82) is 0 Å². The average molecular weight is 725 g/mol. The number of phenols is 1. The van der Waals surface area contributed by atoms with Gasteiger partial charge in [-0.25, -0.2) is 4.79 Å². The molecular weight excluding hydrogens is 697 g/mol. The van der Waals surface area contributed by atoms with Gasteiger partial charge in [-0.1, -0.05) is 58.6 Å². The van der Waals surface area contributed by atoms with Gasteiger partial charge < -0.3 is 14.6 Å². The highest BCUT2D eigenvalue weighted by molar-refractivity contribution is 6.36. The van der Waals surface area contributed by atoms with Crippen molar-refractivity contribution in [2.75, 3.05) is 19.6 Å². The number of nitrogens with one attached hydrogen (secondary N) is 1. The van der Waals surface area contributed by atoms with Crippen LogP contribution >= 0.6 is 34.8 Å². The topological polar surface area (TPSA) is 143 Å². The summed E-state index contributed by atoms with van der Waals surface area (Å²) in [6.45, 7) is 0. The Morgan fingerprint density at radius 2 is 1.59 bits per heavy atom. The summed E-state index contributed by atoms with van der Waals surface area (Å²) in [6.07, 6.45) is 0.719. The molecule has 0 aromatic heterocycles. The minimum atomic E-state index is -1.69. The van der Waals surface area contributed by atoms with Gasteiger partial charge in [-0.2, -0.15) is 9.91 Å². The number of likely N-dealkylation sites (tertiary alicyclic amines) is 1. The van der Waals surface area contributed by atoms with Gasteiger partial charge in [0.05, 0.1) is 48.1 Å². The highest BCUT2D eigenvalue weighted by Crippen LogP contribution is 2.65. The largest absolute Gasteiger partial charge is 0.508 e. The minimum Gasteiger partial charge on any atom is -0.508 e. The summed E-state index contributed by atoms with van der Waals surface area (Å²) in [5.41, 5.74) is 2.70. The summed E-state index contributed by atoms with van der Waals surface area (Å²) in [5, 5.41) is 13.1. The smallest absolute Gasteiger partial charge is 0.423 e. The molecule has 0 unspecified atom stereocenters. The number of rotatable bonds is 5. The quantitative estimate of drug-likeness (QED) is 0.235. The Morgan fingerprint density at radius 1 is 0.898 bits per heavy atom. The summed E-state index contributed by atoms with van der Waals surface area (Å²) in [5.74, 6) is -7.28. The van der Waals surface area contributed by atoms with E-state index in [1.165, 1.54) is 37.4 Å². The molecule has 5 amide bonds. The number of benzene rings is 3. The minimum absolute atomic E-state index is 0.0397. The van der Waals surface area contributed by atoms with Gasteiger partial charge in [-0.3, -0.25) is 24.6 Å². The zero-order chi connectivity index (χ0) is 34.9. The molecule has 2 aliphatic carbocycles. The van der Waals surface area contributed by atoms with E-state index in [9.17, 15) is 24.3 Å². The van der Waals surface area contributed by atoms with Gasteiger partial charge in [0.15, 0.2) is 0 Å². The van der Waals surface area contributed by atoms with Crippen LogP contribution < -0.4 is 10.2 Å². The number of phenolic OH excluding ortho intramolecular Hbond substituents is 1. The van der Waals surface area contributed by atoms with Crippen molar-refractivity contribution in [2.45, 2.75) is 24.2 Å². The fourth-order valence-electron chi connectivity index (χ4n) is 8.22. The number of ether oxygens (including phenoxy) is 2. The fraction of sp³-hybridized carbons (Fsp3) is 0.286. The number of amides is 5. The zero-order valence-electron chi connectivity index (χ0n) is 26.0. The Hall–Kier alpha value is -4.58. The van der Waals surface area contributed by atoms with Crippen molar-refractivity contribution in [2.24, 2.45) is 23.7 Å². The molecule has 252 valence electrons. The molecule has 6 atom stereocenters. The Morgan fingerprint density at radius 3 is 2.27 bits per heavy atom. The lowest BCUT2D eigenvalue weighted by atomic mass is 9.49. The number of allylic oxidation sites excluding steroid dienone is 2. The second kappa shape index (κ2) is 12.1. The first-order valence-electron chi connectivity index (χ1n) is 15.3. The maximum atomic E-state index is 15.2. The van der Waals surface area contributed by atoms with Crippen LogP contribution in [0.25, 0.3) is 0 Å². The molecule has 2 aliphatic heterocycles. The van der Waals surface area contributed by atoms with E-state index in [0.717, 1.165) is 12.1 Å². The molecule has 3 fully saturated rings. The number of methoxy groups -OCH3 is 2. The van der Waals surface area contributed by atoms with Crippen LogP contribution in [-0.4, -0.2) is 59.0 Å². The van der Waals surface area contributed by atoms with Crippen molar-refractivity contribution in [3.8, 4) is 11.5 Å². The molecule has 3 aromatic rings. The molecule has 11 nitrogen and oxygen atoms in total. The van der Waals surface area contributed by atoms with Crippen LogP contribution in [-0.2, 0) is 29.3 Å². The first kappa shape index (κ1) is 32.9. The molecule has 14 heteroatoms. The number of carbonyl (C=O) groups is 5. The van der Waals surface area contributed by atoms with Crippen LogP contribution in [0.1, 0.15) is 29.9 Å². The van der Waals surface area contributed by atoms with E-state index in [1.54, 1.807) is 36.4 Å².